The molecule has 1 aliphatic rings. The van der Waals surface area contributed by atoms with Crippen LogP contribution in [0.15, 0.2) is 178 Å². The van der Waals surface area contributed by atoms with Gasteiger partial charge in [-0.15, -0.1) is 11.3 Å². The lowest BCUT2D eigenvalue weighted by Crippen LogP contribution is -2.39. The molecule has 248 valence electrons. The molecule has 6 aromatic carbocycles. The van der Waals surface area contributed by atoms with Crippen LogP contribution in [0.1, 0.15) is 18.1 Å². The maximum absolute atomic E-state index is 6.43. The molecule has 0 bridgehead atoms. The van der Waals surface area contributed by atoms with E-state index in [1.54, 1.807) is 11.3 Å². The number of furan rings is 1. The van der Waals surface area contributed by atoms with E-state index in [-0.39, 0.29) is 6.17 Å². The summed E-state index contributed by atoms with van der Waals surface area (Å²) in [6, 6.07) is 44.9. The molecule has 1 aliphatic heterocycles. The van der Waals surface area contributed by atoms with Gasteiger partial charge in [0.1, 0.15) is 23.2 Å². The standard InChI is InChI=1S/C46H32N4OS/c1-3-5-15-28(4-2)44-47-45(29-16-7-6-8-17-29)49-46(48-44)37-25-30(24-36-33-20-11-14-23-42(33)52-43(36)37)50-38-21-12-9-18-31(38)34-26-35-32-19-10-13-22-40(32)51-41(35)27-39(34)50/h3-27,44H,2H2,1H3,(H,47,48,49)/b5-3-,28-15+. The van der Waals surface area contributed by atoms with E-state index in [1.165, 1.54) is 26.2 Å². The van der Waals surface area contributed by atoms with Crippen molar-refractivity contribution in [2.75, 3.05) is 0 Å². The average Bonchev–Trinajstić information content (AvgIpc) is 3.86. The first-order chi connectivity index (χ1) is 25.7. The van der Waals surface area contributed by atoms with Gasteiger partial charge in [0.15, 0.2) is 5.84 Å². The zero-order valence-corrected chi connectivity index (χ0v) is 29.2. The Morgan fingerprint density at radius 3 is 2.37 bits per heavy atom. The normalized spacial score (nSPS) is 15.3. The van der Waals surface area contributed by atoms with Gasteiger partial charge in [-0.05, 0) is 48.9 Å². The molecule has 0 saturated heterocycles. The van der Waals surface area contributed by atoms with Crippen molar-refractivity contribution in [3.63, 3.8) is 0 Å². The third-order valence-electron chi connectivity index (χ3n) is 9.96. The van der Waals surface area contributed by atoms with E-state index in [2.05, 4.69) is 120 Å². The summed E-state index contributed by atoms with van der Waals surface area (Å²) in [5.41, 5.74) is 7.94. The van der Waals surface area contributed by atoms with Crippen LogP contribution >= 0.6 is 11.3 Å². The first kappa shape index (κ1) is 30.3. The quantitative estimate of drug-likeness (QED) is 0.177. The number of para-hydroxylation sites is 2. The van der Waals surface area contributed by atoms with Crippen molar-refractivity contribution < 1.29 is 4.42 Å². The van der Waals surface area contributed by atoms with Gasteiger partial charge >= 0.3 is 0 Å². The molecule has 0 fully saturated rings. The van der Waals surface area contributed by atoms with Crippen LogP contribution < -0.4 is 5.32 Å². The molecular formula is C46H32N4OS. The van der Waals surface area contributed by atoms with Crippen LogP contribution in [-0.2, 0) is 0 Å². The predicted molar refractivity (Wildman–Crippen MR) is 220 cm³/mol. The number of hydrogen-bond acceptors (Lipinski definition) is 5. The number of nitrogens with one attached hydrogen (secondary N) is 1. The Kier molecular flexibility index (Phi) is 7.05. The van der Waals surface area contributed by atoms with Gasteiger partial charge in [-0.25, -0.2) is 9.98 Å². The Bertz CT molecular complexity index is 3030. The molecular weight excluding hydrogens is 657 g/mol. The molecule has 3 aromatic heterocycles. The third-order valence-corrected chi connectivity index (χ3v) is 11.2. The number of rotatable bonds is 6. The molecule has 6 heteroatoms. The van der Waals surface area contributed by atoms with Crippen molar-refractivity contribution in [1.82, 2.24) is 9.88 Å². The van der Waals surface area contributed by atoms with Crippen molar-refractivity contribution in [3.8, 4) is 5.69 Å². The van der Waals surface area contributed by atoms with Crippen LogP contribution in [0.3, 0.4) is 0 Å². The van der Waals surface area contributed by atoms with E-state index in [9.17, 15) is 0 Å². The molecule has 10 rings (SSSR count). The Hall–Kier alpha value is -6.50. The molecule has 5 nitrogen and oxygen atoms in total. The summed E-state index contributed by atoms with van der Waals surface area (Å²) < 4.78 is 11.2. The zero-order valence-electron chi connectivity index (χ0n) is 28.4. The molecule has 0 spiro atoms. The molecule has 1 N–H and O–H groups in total. The van der Waals surface area contributed by atoms with E-state index in [0.29, 0.717) is 5.84 Å². The van der Waals surface area contributed by atoms with Crippen molar-refractivity contribution >= 4 is 86.9 Å². The van der Waals surface area contributed by atoms with Gasteiger partial charge < -0.3 is 14.3 Å². The van der Waals surface area contributed by atoms with Crippen LogP contribution in [-0.4, -0.2) is 22.4 Å². The number of fused-ring (bicyclic) bond motifs is 9. The van der Waals surface area contributed by atoms with Crippen LogP contribution in [0, 0.1) is 0 Å². The monoisotopic (exact) mass is 688 g/mol. The van der Waals surface area contributed by atoms with Gasteiger partial charge in [-0.1, -0.05) is 116 Å². The highest BCUT2D eigenvalue weighted by atomic mass is 32.1. The van der Waals surface area contributed by atoms with Crippen LogP contribution in [0.2, 0.25) is 0 Å². The summed E-state index contributed by atoms with van der Waals surface area (Å²) in [6.45, 7) is 6.15. The number of benzene rings is 6. The molecule has 52 heavy (non-hydrogen) atoms. The largest absolute Gasteiger partial charge is 0.456 e. The second-order valence-corrected chi connectivity index (χ2v) is 14.1. The molecule has 1 unspecified atom stereocenters. The smallest absolute Gasteiger partial charge is 0.160 e. The van der Waals surface area contributed by atoms with Crippen molar-refractivity contribution in [1.29, 1.82) is 0 Å². The average molecular weight is 689 g/mol. The molecule has 0 amide bonds. The van der Waals surface area contributed by atoms with E-state index in [4.69, 9.17) is 14.4 Å². The van der Waals surface area contributed by atoms with E-state index in [0.717, 1.165) is 65.9 Å². The number of aliphatic imine (C=N–C) groups is 2. The van der Waals surface area contributed by atoms with Gasteiger partial charge in [0.2, 0.25) is 0 Å². The topological polar surface area (TPSA) is 54.8 Å². The summed E-state index contributed by atoms with van der Waals surface area (Å²) in [7, 11) is 0. The molecule has 1 atom stereocenters. The van der Waals surface area contributed by atoms with Crippen molar-refractivity contribution in [2.45, 2.75) is 13.1 Å². The fourth-order valence-corrected chi connectivity index (χ4v) is 8.73. The number of hydrogen-bond donors (Lipinski definition) is 1. The maximum atomic E-state index is 6.43. The fourth-order valence-electron chi connectivity index (χ4n) is 7.53. The number of aromatic nitrogens is 1. The predicted octanol–water partition coefficient (Wildman–Crippen LogP) is 11.9. The Labute approximate surface area is 303 Å². The Morgan fingerprint density at radius 2 is 1.52 bits per heavy atom. The first-order valence-electron chi connectivity index (χ1n) is 17.4. The van der Waals surface area contributed by atoms with Crippen LogP contribution in [0.5, 0.6) is 0 Å². The number of thiophene rings is 1. The number of nitrogens with zero attached hydrogens (tertiary/aromatic N) is 3. The molecule has 0 radical (unpaired) electrons. The summed E-state index contributed by atoms with van der Waals surface area (Å²) >= 11 is 1.78. The minimum atomic E-state index is -0.376. The minimum Gasteiger partial charge on any atom is -0.456 e. The molecule has 0 aliphatic carbocycles. The highest BCUT2D eigenvalue weighted by Gasteiger charge is 2.25. The molecule has 4 heterocycles. The lowest BCUT2D eigenvalue weighted by Gasteiger charge is -2.24. The Morgan fingerprint density at radius 1 is 0.750 bits per heavy atom. The second kappa shape index (κ2) is 12.1. The number of amidine groups is 2. The van der Waals surface area contributed by atoms with Gasteiger partial charge in [0.25, 0.3) is 0 Å². The lowest BCUT2D eigenvalue weighted by molar-refractivity contribution is 0.669. The first-order valence-corrected chi connectivity index (χ1v) is 18.2. The van der Waals surface area contributed by atoms with Gasteiger partial charge in [0, 0.05) is 64.6 Å². The number of allylic oxidation sites excluding steroid dienone is 3. The summed E-state index contributed by atoms with van der Waals surface area (Å²) in [4.78, 5) is 10.6. The van der Waals surface area contributed by atoms with E-state index >= 15 is 0 Å². The highest BCUT2D eigenvalue weighted by Crippen LogP contribution is 2.42. The highest BCUT2D eigenvalue weighted by molar-refractivity contribution is 7.26. The van der Waals surface area contributed by atoms with Crippen LogP contribution in [0.4, 0.5) is 0 Å². The van der Waals surface area contributed by atoms with Crippen LogP contribution in [0.25, 0.3) is 69.6 Å². The van der Waals surface area contributed by atoms with Gasteiger partial charge in [-0.3, -0.25) is 0 Å². The van der Waals surface area contributed by atoms with E-state index < -0.39 is 0 Å². The molecule has 0 saturated carbocycles. The second-order valence-electron chi connectivity index (χ2n) is 13.0. The summed E-state index contributed by atoms with van der Waals surface area (Å²) in [5, 5.41) is 10.6. The Balaban J connectivity index is 1.29. The van der Waals surface area contributed by atoms with Crippen molar-refractivity contribution in [3.05, 3.63) is 175 Å². The summed E-state index contributed by atoms with van der Waals surface area (Å²) in [6.07, 6.45) is 7.59. The minimum absolute atomic E-state index is 0.376. The fraction of sp³-hybridized carbons (Fsp3) is 0.0435. The van der Waals surface area contributed by atoms with Crippen molar-refractivity contribution in [2.24, 2.45) is 9.98 Å². The van der Waals surface area contributed by atoms with Gasteiger partial charge in [0.05, 0.1) is 11.0 Å². The SMILES string of the molecule is C=C/C(=C\C=C/C)C1N=C(c2cc(-n3c4ccccc4c4cc5c(cc43)oc3ccccc35)cc3c2sc2ccccc23)N=C(c2ccccc2)N1. The summed E-state index contributed by atoms with van der Waals surface area (Å²) in [5.74, 6) is 1.45. The zero-order chi connectivity index (χ0) is 34.8. The van der Waals surface area contributed by atoms with Gasteiger partial charge in [-0.2, -0.15) is 0 Å². The maximum Gasteiger partial charge on any atom is 0.160 e. The third kappa shape index (κ3) is 4.76. The lowest BCUT2D eigenvalue weighted by atomic mass is 10.0. The molecule has 9 aromatic rings. The van der Waals surface area contributed by atoms with E-state index in [1.807, 2.05) is 55.5 Å².